The Balaban J connectivity index is 2.37. The van der Waals surface area contributed by atoms with Gasteiger partial charge in [0.05, 0.1) is 18.7 Å². The van der Waals surface area contributed by atoms with E-state index < -0.39 is 0 Å². The number of nitrogens with one attached hydrogen (secondary N) is 1. The molecule has 0 amide bonds. The Kier molecular flexibility index (Phi) is 4.17. The van der Waals surface area contributed by atoms with Gasteiger partial charge in [-0.3, -0.25) is 0 Å². The number of hydrogen-bond donors (Lipinski definition) is 1. The number of hydrogen-bond acceptors (Lipinski definition) is 5. The van der Waals surface area contributed by atoms with E-state index >= 15 is 0 Å². The first kappa shape index (κ1) is 12.9. The molecule has 1 N–H and O–H groups in total. The maximum Gasteiger partial charge on any atom is 0.240 e. The van der Waals surface area contributed by atoms with E-state index in [-0.39, 0.29) is 0 Å². The van der Waals surface area contributed by atoms with Crippen LogP contribution in [0.15, 0.2) is 22.7 Å². The second-order valence-electron chi connectivity index (χ2n) is 3.62. The molecule has 5 nitrogen and oxygen atoms in total. The summed E-state index contributed by atoms with van der Waals surface area (Å²) in [5, 5.41) is 7.48. The highest BCUT2D eigenvalue weighted by Gasteiger charge is 2.13. The van der Waals surface area contributed by atoms with Crippen molar-refractivity contribution in [2.24, 2.45) is 0 Å². The van der Waals surface area contributed by atoms with Gasteiger partial charge in [0, 0.05) is 5.02 Å². The predicted molar refractivity (Wildman–Crippen MR) is 68.7 cm³/mol. The minimum absolute atomic E-state index is 0.478. The van der Waals surface area contributed by atoms with Crippen LogP contribution in [-0.2, 0) is 6.54 Å². The van der Waals surface area contributed by atoms with Crippen LogP contribution in [0.3, 0.4) is 0 Å². The van der Waals surface area contributed by atoms with Gasteiger partial charge in [0.25, 0.3) is 0 Å². The van der Waals surface area contributed by atoms with Crippen LogP contribution in [0.4, 0.5) is 0 Å². The van der Waals surface area contributed by atoms with Crippen LogP contribution < -0.4 is 10.1 Å². The zero-order valence-corrected chi connectivity index (χ0v) is 11.0. The van der Waals surface area contributed by atoms with E-state index in [2.05, 4.69) is 15.5 Å². The molecule has 0 spiro atoms. The Hall–Kier alpha value is -1.59. The summed E-state index contributed by atoms with van der Waals surface area (Å²) in [7, 11) is 1.81. The number of aromatic nitrogens is 2. The second-order valence-corrected chi connectivity index (χ2v) is 4.05. The maximum atomic E-state index is 5.98. The standard InChI is InChI=1S/C12H14ClN3O2/c1-3-17-10-5-4-8(13)6-9(10)12-15-11(7-14-2)18-16-12/h4-6,14H,3,7H2,1-2H3. The summed E-state index contributed by atoms with van der Waals surface area (Å²) in [6, 6.07) is 5.33. The highest BCUT2D eigenvalue weighted by molar-refractivity contribution is 6.30. The van der Waals surface area contributed by atoms with E-state index in [4.69, 9.17) is 20.9 Å². The van der Waals surface area contributed by atoms with E-state index in [1.54, 1.807) is 18.2 Å². The van der Waals surface area contributed by atoms with Crippen LogP contribution in [0, 0.1) is 0 Å². The molecule has 1 aromatic heterocycles. The van der Waals surface area contributed by atoms with Crippen LogP contribution in [0.5, 0.6) is 5.75 Å². The number of halogens is 1. The fraction of sp³-hybridized carbons (Fsp3) is 0.333. The summed E-state index contributed by atoms with van der Waals surface area (Å²) in [6.45, 7) is 3.01. The molecule has 2 rings (SSSR count). The minimum atomic E-state index is 0.478. The smallest absolute Gasteiger partial charge is 0.240 e. The van der Waals surface area contributed by atoms with E-state index in [9.17, 15) is 0 Å². The Morgan fingerprint density at radius 1 is 1.44 bits per heavy atom. The third-order valence-corrected chi connectivity index (χ3v) is 2.51. The molecular formula is C12H14ClN3O2. The molecule has 96 valence electrons. The number of rotatable bonds is 5. The average Bonchev–Trinajstić information content (AvgIpc) is 2.81. The van der Waals surface area contributed by atoms with E-state index in [0.29, 0.717) is 35.6 Å². The first-order chi connectivity index (χ1) is 8.74. The number of nitrogens with zero attached hydrogens (tertiary/aromatic N) is 2. The SMILES string of the molecule is CCOc1ccc(Cl)cc1-c1noc(CNC)n1. The lowest BCUT2D eigenvalue weighted by atomic mass is 10.2. The summed E-state index contributed by atoms with van der Waals surface area (Å²) in [5.41, 5.74) is 0.732. The van der Waals surface area contributed by atoms with Gasteiger partial charge in [-0.25, -0.2) is 0 Å². The summed E-state index contributed by atoms with van der Waals surface area (Å²) in [4.78, 5) is 4.28. The summed E-state index contributed by atoms with van der Waals surface area (Å²) in [5.74, 6) is 1.69. The molecule has 0 fully saturated rings. The van der Waals surface area contributed by atoms with Crippen molar-refractivity contribution in [2.75, 3.05) is 13.7 Å². The lowest BCUT2D eigenvalue weighted by Gasteiger charge is -2.07. The zero-order valence-electron chi connectivity index (χ0n) is 10.2. The largest absolute Gasteiger partial charge is 0.493 e. The molecule has 1 aromatic carbocycles. The molecule has 0 bridgehead atoms. The van der Waals surface area contributed by atoms with Crippen LogP contribution >= 0.6 is 11.6 Å². The molecule has 18 heavy (non-hydrogen) atoms. The lowest BCUT2D eigenvalue weighted by molar-refractivity contribution is 0.340. The van der Waals surface area contributed by atoms with Crippen LogP contribution in [0.25, 0.3) is 11.4 Å². The summed E-state index contributed by atoms with van der Waals surface area (Å²) < 4.78 is 10.6. The monoisotopic (exact) mass is 267 g/mol. The van der Waals surface area contributed by atoms with Crippen molar-refractivity contribution in [3.8, 4) is 17.1 Å². The molecule has 0 aliphatic carbocycles. The lowest BCUT2D eigenvalue weighted by Crippen LogP contribution is -2.05. The van der Waals surface area contributed by atoms with Crippen molar-refractivity contribution >= 4 is 11.6 Å². The van der Waals surface area contributed by atoms with Crippen LogP contribution in [-0.4, -0.2) is 23.8 Å². The molecule has 0 aliphatic rings. The van der Waals surface area contributed by atoms with Crippen LogP contribution in [0.2, 0.25) is 5.02 Å². The zero-order chi connectivity index (χ0) is 13.0. The summed E-state index contributed by atoms with van der Waals surface area (Å²) >= 11 is 5.98. The molecule has 2 aromatic rings. The van der Waals surface area contributed by atoms with Crippen molar-refractivity contribution in [2.45, 2.75) is 13.5 Å². The minimum Gasteiger partial charge on any atom is -0.493 e. The van der Waals surface area contributed by atoms with Crippen molar-refractivity contribution in [3.63, 3.8) is 0 Å². The van der Waals surface area contributed by atoms with Gasteiger partial charge < -0.3 is 14.6 Å². The van der Waals surface area contributed by atoms with Crippen molar-refractivity contribution in [1.82, 2.24) is 15.5 Å². The molecule has 6 heteroatoms. The molecule has 0 aliphatic heterocycles. The highest BCUT2D eigenvalue weighted by Crippen LogP contribution is 2.30. The summed E-state index contributed by atoms with van der Waals surface area (Å²) in [6.07, 6.45) is 0. The molecule has 1 heterocycles. The van der Waals surface area contributed by atoms with Crippen molar-refractivity contribution in [3.05, 3.63) is 29.1 Å². The first-order valence-corrected chi connectivity index (χ1v) is 6.02. The van der Waals surface area contributed by atoms with Crippen molar-refractivity contribution in [1.29, 1.82) is 0 Å². The first-order valence-electron chi connectivity index (χ1n) is 5.64. The van der Waals surface area contributed by atoms with Gasteiger partial charge in [-0.1, -0.05) is 16.8 Å². The fourth-order valence-electron chi connectivity index (χ4n) is 1.55. The highest BCUT2D eigenvalue weighted by atomic mass is 35.5. The fourth-order valence-corrected chi connectivity index (χ4v) is 1.72. The number of benzene rings is 1. The van der Waals surface area contributed by atoms with Gasteiger partial charge in [-0.15, -0.1) is 0 Å². The van der Waals surface area contributed by atoms with E-state index in [1.165, 1.54) is 0 Å². The quantitative estimate of drug-likeness (QED) is 0.902. The molecule has 0 unspecified atom stereocenters. The van der Waals surface area contributed by atoms with Gasteiger partial charge >= 0.3 is 0 Å². The van der Waals surface area contributed by atoms with Gasteiger partial charge in [-0.05, 0) is 32.2 Å². The van der Waals surface area contributed by atoms with E-state index in [1.807, 2.05) is 14.0 Å². The van der Waals surface area contributed by atoms with Gasteiger partial charge in [0.15, 0.2) is 0 Å². The van der Waals surface area contributed by atoms with Gasteiger partial charge in [-0.2, -0.15) is 4.98 Å². The third kappa shape index (κ3) is 2.80. The third-order valence-electron chi connectivity index (χ3n) is 2.28. The van der Waals surface area contributed by atoms with E-state index in [0.717, 1.165) is 5.56 Å². The van der Waals surface area contributed by atoms with Gasteiger partial charge in [0.2, 0.25) is 11.7 Å². The molecule has 0 saturated heterocycles. The molecule has 0 saturated carbocycles. The van der Waals surface area contributed by atoms with Crippen LogP contribution in [0.1, 0.15) is 12.8 Å². The number of ether oxygens (including phenoxy) is 1. The second kappa shape index (κ2) is 5.84. The molecule has 0 radical (unpaired) electrons. The Bertz CT molecular complexity index is 528. The molecular weight excluding hydrogens is 254 g/mol. The predicted octanol–water partition coefficient (Wildman–Crippen LogP) is 2.51. The Morgan fingerprint density at radius 2 is 2.28 bits per heavy atom. The Morgan fingerprint density at radius 3 is 3.00 bits per heavy atom. The van der Waals surface area contributed by atoms with Gasteiger partial charge in [0.1, 0.15) is 5.75 Å². The maximum absolute atomic E-state index is 5.98. The Labute approximate surface area is 110 Å². The molecule has 0 atom stereocenters. The topological polar surface area (TPSA) is 60.2 Å². The van der Waals surface area contributed by atoms with Crippen molar-refractivity contribution < 1.29 is 9.26 Å². The average molecular weight is 268 g/mol. The normalized spacial score (nSPS) is 10.6.